The third kappa shape index (κ3) is 2.22. The normalized spacial score (nSPS) is 28.9. The molecule has 0 radical (unpaired) electrons. The zero-order chi connectivity index (χ0) is 8.10. The van der Waals surface area contributed by atoms with Crippen molar-refractivity contribution in [3.05, 3.63) is 11.8 Å². The van der Waals surface area contributed by atoms with Gasteiger partial charge in [-0.05, 0) is 24.8 Å². The fraction of sp³-hybridized carbons (Fsp3) is 0.778. The highest BCUT2D eigenvalue weighted by Crippen LogP contribution is 2.25. The van der Waals surface area contributed by atoms with Crippen molar-refractivity contribution in [2.45, 2.75) is 31.8 Å². The zero-order valence-corrected chi connectivity index (χ0v) is 7.30. The van der Waals surface area contributed by atoms with Crippen LogP contribution in [0, 0.1) is 0 Å². The smallest absolute Gasteiger partial charge is 0.0842 e. The van der Waals surface area contributed by atoms with E-state index in [2.05, 4.69) is 0 Å². The maximum absolute atomic E-state index is 5.31. The van der Waals surface area contributed by atoms with Crippen molar-refractivity contribution in [1.29, 1.82) is 0 Å². The van der Waals surface area contributed by atoms with Gasteiger partial charge in [-0.1, -0.05) is 6.42 Å². The molecule has 2 nitrogen and oxygen atoms in total. The minimum Gasteiger partial charge on any atom is -0.504 e. The third-order valence-corrected chi connectivity index (χ3v) is 2.15. The second-order valence-corrected chi connectivity index (χ2v) is 2.90. The Bertz CT molecular complexity index is 140. The van der Waals surface area contributed by atoms with Crippen LogP contribution in [0.15, 0.2) is 11.8 Å². The second kappa shape index (κ2) is 4.39. The van der Waals surface area contributed by atoms with Crippen LogP contribution < -0.4 is 0 Å². The van der Waals surface area contributed by atoms with Gasteiger partial charge >= 0.3 is 0 Å². The van der Waals surface area contributed by atoms with Gasteiger partial charge in [-0.15, -0.1) is 0 Å². The molecule has 64 valence electrons. The monoisotopic (exact) mass is 156 g/mol. The second-order valence-electron chi connectivity index (χ2n) is 2.90. The van der Waals surface area contributed by atoms with Crippen LogP contribution in [-0.2, 0) is 9.47 Å². The molecular weight excluding hydrogens is 140 g/mol. The average Bonchev–Trinajstić information content (AvgIpc) is 2.06. The van der Waals surface area contributed by atoms with Gasteiger partial charge in [-0.25, -0.2) is 0 Å². The summed E-state index contributed by atoms with van der Waals surface area (Å²) in [6, 6.07) is 0. The molecule has 1 aliphatic rings. The lowest BCUT2D eigenvalue weighted by Crippen LogP contribution is -2.18. The van der Waals surface area contributed by atoms with E-state index in [0.717, 1.165) is 12.8 Å². The highest BCUT2D eigenvalue weighted by Gasteiger charge is 2.17. The number of hydrogen-bond donors (Lipinski definition) is 0. The van der Waals surface area contributed by atoms with Crippen LogP contribution in [-0.4, -0.2) is 20.3 Å². The molecule has 1 aliphatic carbocycles. The van der Waals surface area contributed by atoms with Crippen LogP contribution in [0.25, 0.3) is 0 Å². The van der Waals surface area contributed by atoms with E-state index < -0.39 is 0 Å². The summed E-state index contributed by atoms with van der Waals surface area (Å²) >= 11 is 0. The summed E-state index contributed by atoms with van der Waals surface area (Å²) < 4.78 is 10.3. The summed E-state index contributed by atoms with van der Waals surface area (Å²) in [7, 11) is 3.45. The van der Waals surface area contributed by atoms with Crippen molar-refractivity contribution in [2.75, 3.05) is 14.2 Å². The molecule has 2 heteroatoms. The first-order valence-electron chi connectivity index (χ1n) is 4.13. The van der Waals surface area contributed by atoms with Gasteiger partial charge in [0.2, 0.25) is 0 Å². The first-order chi connectivity index (χ1) is 5.38. The van der Waals surface area contributed by atoms with Gasteiger partial charge < -0.3 is 9.47 Å². The number of ether oxygens (including phenoxy) is 2. The molecule has 1 fully saturated rings. The largest absolute Gasteiger partial charge is 0.504 e. The van der Waals surface area contributed by atoms with Crippen LogP contribution >= 0.6 is 0 Å². The summed E-state index contributed by atoms with van der Waals surface area (Å²) in [4.78, 5) is 0. The summed E-state index contributed by atoms with van der Waals surface area (Å²) in [5, 5.41) is 0. The molecule has 0 bridgehead atoms. The minimum atomic E-state index is 0.309. The Morgan fingerprint density at radius 2 is 2.18 bits per heavy atom. The highest BCUT2D eigenvalue weighted by molar-refractivity contribution is 5.07. The SMILES string of the molecule is COC=C1CCCCC1OC. The van der Waals surface area contributed by atoms with Gasteiger partial charge in [0.15, 0.2) is 0 Å². The van der Waals surface area contributed by atoms with Crippen molar-refractivity contribution >= 4 is 0 Å². The van der Waals surface area contributed by atoms with Crippen molar-refractivity contribution in [1.82, 2.24) is 0 Å². The van der Waals surface area contributed by atoms with Gasteiger partial charge in [0.05, 0.1) is 19.5 Å². The molecule has 0 saturated heterocycles. The molecule has 1 rings (SSSR count). The number of hydrogen-bond acceptors (Lipinski definition) is 2. The Kier molecular flexibility index (Phi) is 3.43. The van der Waals surface area contributed by atoms with Crippen molar-refractivity contribution in [3.63, 3.8) is 0 Å². The van der Waals surface area contributed by atoms with Crippen LogP contribution in [0.2, 0.25) is 0 Å². The van der Waals surface area contributed by atoms with E-state index in [1.165, 1.54) is 18.4 Å². The van der Waals surface area contributed by atoms with E-state index in [1.54, 1.807) is 14.2 Å². The molecule has 0 amide bonds. The molecule has 1 saturated carbocycles. The average molecular weight is 156 g/mol. The lowest BCUT2D eigenvalue weighted by Gasteiger charge is -2.23. The molecule has 0 aliphatic heterocycles. The quantitative estimate of drug-likeness (QED) is 0.570. The number of rotatable bonds is 2. The van der Waals surface area contributed by atoms with Crippen molar-refractivity contribution in [3.8, 4) is 0 Å². The third-order valence-electron chi connectivity index (χ3n) is 2.15. The number of methoxy groups -OCH3 is 2. The fourth-order valence-corrected chi connectivity index (χ4v) is 1.56. The molecular formula is C9H16O2. The predicted octanol–water partition coefficient (Wildman–Crippen LogP) is 2.11. The maximum Gasteiger partial charge on any atom is 0.0842 e. The van der Waals surface area contributed by atoms with E-state index >= 15 is 0 Å². The van der Waals surface area contributed by atoms with Gasteiger partial charge in [0.25, 0.3) is 0 Å². The fourth-order valence-electron chi connectivity index (χ4n) is 1.56. The highest BCUT2D eigenvalue weighted by atomic mass is 16.5. The lowest BCUT2D eigenvalue weighted by molar-refractivity contribution is 0.105. The molecule has 0 aromatic carbocycles. The van der Waals surface area contributed by atoms with E-state index in [0.29, 0.717) is 6.10 Å². The van der Waals surface area contributed by atoms with Gasteiger partial charge in [-0.2, -0.15) is 0 Å². The van der Waals surface area contributed by atoms with E-state index in [-0.39, 0.29) is 0 Å². The van der Waals surface area contributed by atoms with E-state index in [9.17, 15) is 0 Å². The van der Waals surface area contributed by atoms with Crippen molar-refractivity contribution < 1.29 is 9.47 Å². The molecule has 0 N–H and O–H groups in total. The van der Waals surface area contributed by atoms with Crippen molar-refractivity contribution in [2.24, 2.45) is 0 Å². The summed E-state index contributed by atoms with van der Waals surface area (Å²) in [6.07, 6.45) is 6.96. The molecule has 0 heterocycles. The summed E-state index contributed by atoms with van der Waals surface area (Å²) in [5.41, 5.74) is 1.31. The standard InChI is InChI=1S/C9H16O2/c1-10-7-8-5-3-4-6-9(8)11-2/h7,9H,3-6H2,1-2H3. The predicted molar refractivity (Wildman–Crippen MR) is 44.4 cm³/mol. The first-order valence-corrected chi connectivity index (χ1v) is 4.13. The molecule has 11 heavy (non-hydrogen) atoms. The molecule has 0 spiro atoms. The Balaban J connectivity index is 2.51. The molecule has 1 unspecified atom stereocenters. The lowest BCUT2D eigenvalue weighted by atomic mass is 9.93. The zero-order valence-electron chi connectivity index (χ0n) is 7.30. The van der Waals surface area contributed by atoms with Crippen LogP contribution in [0.4, 0.5) is 0 Å². The Morgan fingerprint density at radius 3 is 2.82 bits per heavy atom. The Morgan fingerprint density at radius 1 is 1.36 bits per heavy atom. The van der Waals surface area contributed by atoms with Crippen LogP contribution in [0.1, 0.15) is 25.7 Å². The maximum atomic E-state index is 5.31. The molecule has 0 aromatic heterocycles. The Labute approximate surface area is 68.2 Å². The van der Waals surface area contributed by atoms with Crippen LogP contribution in [0.5, 0.6) is 0 Å². The molecule has 1 atom stereocenters. The topological polar surface area (TPSA) is 18.5 Å². The van der Waals surface area contributed by atoms with E-state index in [4.69, 9.17) is 9.47 Å². The minimum absolute atomic E-state index is 0.309. The summed E-state index contributed by atoms with van der Waals surface area (Å²) in [5.74, 6) is 0. The van der Waals surface area contributed by atoms with Gasteiger partial charge in [0.1, 0.15) is 0 Å². The van der Waals surface area contributed by atoms with Gasteiger partial charge in [-0.3, -0.25) is 0 Å². The Hall–Kier alpha value is -0.500. The van der Waals surface area contributed by atoms with Crippen LogP contribution in [0.3, 0.4) is 0 Å². The molecule has 0 aromatic rings. The first kappa shape index (κ1) is 8.60. The van der Waals surface area contributed by atoms with Gasteiger partial charge in [0, 0.05) is 7.11 Å². The van der Waals surface area contributed by atoms with E-state index in [1.807, 2.05) is 6.26 Å². The summed E-state index contributed by atoms with van der Waals surface area (Å²) in [6.45, 7) is 0.